The number of aryl methyl sites for hydroxylation is 1. The lowest BCUT2D eigenvalue weighted by molar-refractivity contribution is -0.139. The van der Waals surface area contributed by atoms with E-state index in [0.717, 1.165) is 53.3 Å². The van der Waals surface area contributed by atoms with E-state index in [1.54, 1.807) is 0 Å². The van der Waals surface area contributed by atoms with Crippen LogP contribution in [0.25, 0.3) is 10.9 Å². The number of rotatable bonds is 15. The number of aromatic amines is 1. The second-order valence-electron chi connectivity index (χ2n) is 11.2. The molecule has 4 rings (SSSR count). The van der Waals surface area contributed by atoms with Crippen LogP contribution in [0.4, 0.5) is 0 Å². The third kappa shape index (κ3) is 8.77. The Morgan fingerprint density at radius 3 is 2.54 bits per heavy atom. The van der Waals surface area contributed by atoms with E-state index < -0.39 is 19.7 Å². The summed E-state index contributed by atoms with van der Waals surface area (Å²) in [5, 5.41) is 17.7. The lowest BCUT2D eigenvalue weighted by atomic mass is 9.93. The first-order valence-corrected chi connectivity index (χ1v) is 16.4. The molecule has 0 saturated carbocycles. The van der Waals surface area contributed by atoms with Crippen LogP contribution in [0.1, 0.15) is 57.2 Å². The summed E-state index contributed by atoms with van der Waals surface area (Å²) in [5.74, 6) is 0.712. The summed E-state index contributed by atoms with van der Waals surface area (Å²) in [6.45, 7) is 6.92. The first kappa shape index (κ1) is 29.5. The zero-order valence-corrected chi connectivity index (χ0v) is 24.3. The molecule has 1 aromatic heterocycles. The van der Waals surface area contributed by atoms with Crippen molar-refractivity contribution in [3.8, 4) is 5.75 Å². The molecule has 2 atom stereocenters. The van der Waals surface area contributed by atoms with Gasteiger partial charge < -0.3 is 20.1 Å². The van der Waals surface area contributed by atoms with Crippen LogP contribution in [0.2, 0.25) is 0 Å². The van der Waals surface area contributed by atoms with Gasteiger partial charge in [-0.1, -0.05) is 36.8 Å². The summed E-state index contributed by atoms with van der Waals surface area (Å²) in [4.78, 5) is 27.2. The average Bonchev–Trinajstić information content (AvgIpc) is 3.36. The number of para-hydroxylation sites is 1. The lowest BCUT2D eigenvalue weighted by Crippen LogP contribution is -2.41. The van der Waals surface area contributed by atoms with E-state index in [9.17, 15) is 14.8 Å². The number of H-pyrrole nitrogens is 1. The highest BCUT2D eigenvalue weighted by Gasteiger charge is 2.43. The van der Waals surface area contributed by atoms with Crippen molar-refractivity contribution < 1.29 is 19.5 Å². The molecule has 39 heavy (non-hydrogen) atoms. The minimum atomic E-state index is -2.72. The van der Waals surface area contributed by atoms with Crippen LogP contribution in [-0.2, 0) is 17.6 Å². The molecular weight excluding hydrogens is 509 g/mol. The van der Waals surface area contributed by atoms with Gasteiger partial charge in [0.05, 0.1) is 6.61 Å². The van der Waals surface area contributed by atoms with Crippen molar-refractivity contribution in [3.05, 3.63) is 65.9 Å². The van der Waals surface area contributed by atoms with E-state index in [1.807, 2.05) is 56.3 Å². The number of piperidine rings is 1. The molecule has 3 aromatic rings. The second-order valence-corrected chi connectivity index (χ2v) is 14.6. The fourth-order valence-corrected chi connectivity index (χ4v) is 7.61. The molecule has 1 aliphatic heterocycles. The zero-order valence-electron chi connectivity index (χ0n) is 23.4. The smallest absolute Gasteiger partial charge is 0.324 e. The topological polar surface area (TPSA) is 107 Å². The number of carboxylic acid groups (broad SMARTS) is 1. The second kappa shape index (κ2) is 14.3. The number of nitrogens with one attached hydrogen (secondary N) is 3. The van der Waals surface area contributed by atoms with E-state index in [4.69, 9.17) is 4.74 Å². The number of hydrogen-bond acceptors (Lipinski definition) is 5. The minimum Gasteiger partial charge on any atom is -0.494 e. The number of aromatic nitrogens is 1. The quantitative estimate of drug-likeness (QED) is 0.120. The zero-order chi connectivity index (χ0) is 27.7. The molecule has 5 N–H and O–H groups in total. The van der Waals surface area contributed by atoms with Gasteiger partial charge in [-0.25, -0.2) is 4.89 Å². The fraction of sp³-hybridized carbons (Fsp3) is 0.516. The molecule has 7 nitrogen and oxygen atoms in total. The van der Waals surface area contributed by atoms with Gasteiger partial charge in [0.15, 0.2) is 0 Å². The van der Waals surface area contributed by atoms with Gasteiger partial charge >= 0.3 is 5.97 Å². The van der Waals surface area contributed by atoms with Crippen molar-refractivity contribution in [2.75, 3.05) is 25.9 Å². The van der Waals surface area contributed by atoms with Crippen molar-refractivity contribution >= 4 is 24.5 Å². The summed E-state index contributed by atoms with van der Waals surface area (Å²) < 4.78 is 5.93. The van der Waals surface area contributed by atoms with Crippen LogP contribution >= 0.6 is 7.64 Å². The Morgan fingerprint density at radius 1 is 1.10 bits per heavy atom. The van der Waals surface area contributed by atoms with Crippen LogP contribution < -0.4 is 15.1 Å². The SMILES string of the molecule is CC(C)[P+](O)(CCc1cc2ccccc2[nH]1)NC(Cc1ccc(OCCCCC2CCNCC2)cc1)C(=O)O. The minimum absolute atomic E-state index is 0.0608. The molecule has 8 heteroatoms. The third-order valence-electron chi connectivity index (χ3n) is 7.94. The van der Waals surface area contributed by atoms with Crippen molar-refractivity contribution in [3.63, 3.8) is 0 Å². The number of fused-ring (bicyclic) bond motifs is 1. The highest BCUT2D eigenvalue weighted by atomic mass is 31.2. The van der Waals surface area contributed by atoms with Gasteiger partial charge in [0.25, 0.3) is 0 Å². The molecular formula is C31H45N3O4P+. The number of unbranched alkanes of at least 4 members (excludes halogenated alkanes) is 1. The van der Waals surface area contributed by atoms with Crippen LogP contribution in [0.5, 0.6) is 5.75 Å². The largest absolute Gasteiger partial charge is 0.494 e. The molecule has 0 spiro atoms. The molecule has 2 heterocycles. The van der Waals surface area contributed by atoms with Gasteiger partial charge in [0.1, 0.15) is 23.6 Å². The van der Waals surface area contributed by atoms with Gasteiger partial charge in [0, 0.05) is 24.1 Å². The first-order valence-electron chi connectivity index (χ1n) is 14.4. The number of carbonyl (C=O) groups is 1. The van der Waals surface area contributed by atoms with Crippen LogP contribution in [-0.4, -0.2) is 58.5 Å². The molecule has 1 fully saturated rings. The highest BCUT2D eigenvalue weighted by molar-refractivity contribution is 7.69. The summed E-state index contributed by atoms with van der Waals surface area (Å²) in [7, 11) is -2.72. The van der Waals surface area contributed by atoms with Gasteiger partial charge in [-0.3, -0.25) is 4.79 Å². The standard InChI is InChI=1S/C31H44N3O4P/c1-23(2)39(37,20-16-27-22-26-8-3-4-9-29(26)33-27)34-30(31(35)36)21-25-10-12-28(13-11-25)38-19-6-5-7-24-14-17-32-18-15-24/h3-4,8-13,22-24,30,32-34,37H,5-7,14-21H2,1-2H3/p+1. The van der Waals surface area contributed by atoms with Gasteiger partial charge in [-0.2, -0.15) is 5.09 Å². The van der Waals surface area contributed by atoms with Gasteiger partial charge in [0.2, 0.25) is 7.64 Å². The van der Waals surface area contributed by atoms with Crippen molar-refractivity contribution in [2.24, 2.45) is 5.92 Å². The Hall–Kier alpha value is -2.44. The number of benzene rings is 2. The Labute approximate surface area is 233 Å². The maximum Gasteiger partial charge on any atom is 0.324 e. The van der Waals surface area contributed by atoms with Crippen molar-refractivity contribution in [1.82, 2.24) is 15.4 Å². The molecule has 0 bridgehead atoms. The van der Waals surface area contributed by atoms with Gasteiger partial charge in [-0.05, 0) is 93.8 Å². The number of aliphatic carboxylic acids is 1. The van der Waals surface area contributed by atoms with E-state index in [1.165, 1.54) is 25.7 Å². The summed E-state index contributed by atoms with van der Waals surface area (Å²) in [5.41, 5.74) is 2.96. The molecule has 1 aliphatic rings. The number of carboxylic acids is 1. The summed E-state index contributed by atoms with van der Waals surface area (Å²) >= 11 is 0. The van der Waals surface area contributed by atoms with E-state index >= 15 is 0 Å². The van der Waals surface area contributed by atoms with Crippen molar-refractivity contribution in [1.29, 1.82) is 0 Å². The molecule has 0 aliphatic carbocycles. The number of hydrogen-bond donors (Lipinski definition) is 5. The molecule has 0 amide bonds. The van der Waals surface area contributed by atoms with E-state index in [-0.39, 0.29) is 5.66 Å². The Morgan fingerprint density at radius 2 is 1.85 bits per heavy atom. The summed E-state index contributed by atoms with van der Waals surface area (Å²) in [6.07, 6.45) is 7.55. The predicted octanol–water partition coefficient (Wildman–Crippen LogP) is 5.79. The monoisotopic (exact) mass is 554 g/mol. The average molecular weight is 555 g/mol. The Balaban J connectivity index is 1.27. The third-order valence-corrected chi connectivity index (χ3v) is 11.3. The molecule has 2 aromatic carbocycles. The molecule has 212 valence electrons. The fourth-order valence-electron chi connectivity index (χ4n) is 5.34. The Kier molecular flexibility index (Phi) is 10.8. The normalized spacial score (nSPS) is 16.8. The number of ether oxygens (including phenoxy) is 1. The Bertz CT molecular complexity index is 1140. The molecule has 0 radical (unpaired) electrons. The van der Waals surface area contributed by atoms with Gasteiger partial charge in [-0.15, -0.1) is 0 Å². The van der Waals surface area contributed by atoms with E-state index in [0.29, 0.717) is 25.6 Å². The van der Waals surface area contributed by atoms with E-state index in [2.05, 4.69) is 27.5 Å². The maximum absolute atomic E-state index is 12.2. The molecule has 2 unspecified atom stereocenters. The molecule has 1 saturated heterocycles. The van der Waals surface area contributed by atoms with Crippen LogP contribution in [0.3, 0.4) is 0 Å². The van der Waals surface area contributed by atoms with Crippen LogP contribution in [0.15, 0.2) is 54.6 Å². The summed E-state index contributed by atoms with van der Waals surface area (Å²) in [6, 6.07) is 17.0. The van der Waals surface area contributed by atoms with Crippen molar-refractivity contribution in [2.45, 2.75) is 70.5 Å². The highest BCUT2D eigenvalue weighted by Crippen LogP contribution is 2.55. The lowest BCUT2D eigenvalue weighted by Gasteiger charge is -2.27. The van der Waals surface area contributed by atoms with Crippen LogP contribution in [0, 0.1) is 5.92 Å². The first-order chi connectivity index (χ1) is 18.8. The maximum atomic E-state index is 12.2. The predicted molar refractivity (Wildman–Crippen MR) is 161 cm³/mol.